The number of ketones is 1. The van der Waals surface area contributed by atoms with Gasteiger partial charge in [0.1, 0.15) is 11.3 Å². The predicted molar refractivity (Wildman–Crippen MR) is 104 cm³/mol. The van der Waals surface area contributed by atoms with E-state index in [1.807, 2.05) is 0 Å². The summed E-state index contributed by atoms with van der Waals surface area (Å²) in [4.78, 5) is 12.9. The Balaban J connectivity index is 2.10. The number of para-hydroxylation sites is 1. The van der Waals surface area contributed by atoms with Gasteiger partial charge in [0.05, 0.1) is 40.1 Å². The molecule has 1 heterocycles. The molecule has 0 bridgehead atoms. The number of allylic oxidation sites excluding steroid dienone is 1. The normalized spacial score (nSPS) is 11.0. The molecule has 146 valence electrons. The van der Waals surface area contributed by atoms with Crippen molar-refractivity contribution >= 4 is 22.8 Å². The molecule has 0 saturated heterocycles. The van der Waals surface area contributed by atoms with Gasteiger partial charge in [0.2, 0.25) is 5.75 Å². The number of furan rings is 1. The Morgan fingerprint density at radius 3 is 2.32 bits per heavy atom. The van der Waals surface area contributed by atoms with Gasteiger partial charge >= 0.3 is 0 Å². The van der Waals surface area contributed by atoms with Crippen molar-refractivity contribution in [2.45, 2.75) is 0 Å². The first-order valence-electron chi connectivity index (χ1n) is 8.34. The van der Waals surface area contributed by atoms with Crippen LogP contribution in [0.4, 0.5) is 0 Å². The molecule has 28 heavy (non-hydrogen) atoms. The minimum Gasteiger partial charge on any atom is -0.504 e. The summed E-state index contributed by atoms with van der Waals surface area (Å²) < 4.78 is 26.6. The van der Waals surface area contributed by atoms with Crippen molar-refractivity contribution in [3.8, 4) is 28.7 Å². The molecule has 0 atom stereocenters. The van der Waals surface area contributed by atoms with Gasteiger partial charge < -0.3 is 28.5 Å². The SMILES string of the molecule is COc1cccc(/C=C/C(=O)c2c(O)c(OC)c3occc3c2OC)c1OC. The first-order chi connectivity index (χ1) is 13.6. The van der Waals surface area contributed by atoms with Crippen LogP contribution in [0.3, 0.4) is 0 Å². The van der Waals surface area contributed by atoms with Crippen molar-refractivity contribution in [3.63, 3.8) is 0 Å². The number of carbonyl (C=O) groups is 1. The number of hydrogen-bond acceptors (Lipinski definition) is 7. The molecular weight excluding hydrogens is 364 g/mol. The average Bonchev–Trinajstić information content (AvgIpc) is 3.19. The van der Waals surface area contributed by atoms with Crippen LogP contribution in [0, 0.1) is 0 Å². The van der Waals surface area contributed by atoms with Crippen molar-refractivity contribution in [1.82, 2.24) is 0 Å². The van der Waals surface area contributed by atoms with Gasteiger partial charge in [-0.05, 0) is 24.3 Å². The van der Waals surface area contributed by atoms with Crippen LogP contribution in [-0.2, 0) is 0 Å². The molecule has 1 aromatic heterocycles. The summed E-state index contributed by atoms with van der Waals surface area (Å²) in [6, 6.07) is 6.96. The molecule has 0 aliphatic rings. The topological polar surface area (TPSA) is 87.4 Å². The fourth-order valence-corrected chi connectivity index (χ4v) is 3.05. The third-order valence-corrected chi connectivity index (χ3v) is 4.30. The summed E-state index contributed by atoms with van der Waals surface area (Å²) in [6.07, 6.45) is 4.33. The molecule has 7 nitrogen and oxygen atoms in total. The molecule has 3 aromatic rings. The summed E-state index contributed by atoms with van der Waals surface area (Å²) in [5.74, 6) is 0.479. The third kappa shape index (κ3) is 3.11. The van der Waals surface area contributed by atoms with Crippen LogP contribution in [-0.4, -0.2) is 39.3 Å². The summed E-state index contributed by atoms with van der Waals surface area (Å²) in [7, 11) is 5.85. The van der Waals surface area contributed by atoms with Crippen LogP contribution >= 0.6 is 0 Å². The third-order valence-electron chi connectivity index (χ3n) is 4.30. The fraction of sp³-hybridized carbons (Fsp3) is 0.190. The Labute approximate surface area is 161 Å². The zero-order valence-corrected chi connectivity index (χ0v) is 15.9. The van der Waals surface area contributed by atoms with Gasteiger partial charge in [0, 0.05) is 5.56 Å². The Morgan fingerprint density at radius 1 is 0.964 bits per heavy atom. The van der Waals surface area contributed by atoms with Crippen LogP contribution in [0.5, 0.6) is 28.7 Å². The highest BCUT2D eigenvalue weighted by molar-refractivity contribution is 6.15. The van der Waals surface area contributed by atoms with Crippen LogP contribution in [0.15, 0.2) is 41.0 Å². The van der Waals surface area contributed by atoms with Crippen molar-refractivity contribution in [2.24, 2.45) is 0 Å². The Hall–Kier alpha value is -3.61. The lowest BCUT2D eigenvalue weighted by atomic mass is 10.0. The molecular formula is C21H20O7. The number of phenolic OH excluding ortho intramolecular Hbond substituents is 1. The van der Waals surface area contributed by atoms with E-state index >= 15 is 0 Å². The minimum atomic E-state index is -0.472. The molecule has 0 aliphatic carbocycles. The average molecular weight is 384 g/mol. The van der Waals surface area contributed by atoms with Gasteiger partial charge in [-0.2, -0.15) is 0 Å². The van der Waals surface area contributed by atoms with Gasteiger partial charge in [-0.25, -0.2) is 0 Å². The summed E-state index contributed by atoms with van der Waals surface area (Å²) in [5, 5.41) is 11.1. The maximum absolute atomic E-state index is 12.9. The molecule has 0 aliphatic heterocycles. The van der Waals surface area contributed by atoms with Crippen molar-refractivity contribution in [3.05, 3.63) is 47.7 Å². The second-order valence-corrected chi connectivity index (χ2v) is 5.73. The van der Waals surface area contributed by atoms with Gasteiger partial charge in [-0.3, -0.25) is 4.79 Å². The molecule has 3 rings (SSSR count). The Kier molecular flexibility index (Phi) is 5.44. The van der Waals surface area contributed by atoms with E-state index in [0.29, 0.717) is 28.0 Å². The second kappa shape index (κ2) is 7.96. The monoisotopic (exact) mass is 384 g/mol. The number of rotatable bonds is 7. The predicted octanol–water partition coefficient (Wildman–Crippen LogP) is 4.07. The van der Waals surface area contributed by atoms with E-state index in [1.165, 1.54) is 40.8 Å². The van der Waals surface area contributed by atoms with E-state index < -0.39 is 5.78 Å². The van der Waals surface area contributed by atoms with Gasteiger partial charge in [0.25, 0.3) is 0 Å². The van der Waals surface area contributed by atoms with E-state index in [1.54, 1.807) is 30.3 Å². The van der Waals surface area contributed by atoms with Crippen molar-refractivity contribution in [1.29, 1.82) is 0 Å². The highest BCUT2D eigenvalue weighted by atomic mass is 16.5. The highest BCUT2D eigenvalue weighted by Crippen LogP contribution is 2.46. The van der Waals surface area contributed by atoms with Gasteiger partial charge in [-0.15, -0.1) is 0 Å². The first-order valence-corrected chi connectivity index (χ1v) is 8.34. The lowest BCUT2D eigenvalue weighted by Gasteiger charge is -2.13. The minimum absolute atomic E-state index is 0.0219. The van der Waals surface area contributed by atoms with E-state index in [9.17, 15) is 9.90 Å². The number of aromatic hydroxyl groups is 1. The number of ether oxygens (including phenoxy) is 4. The maximum atomic E-state index is 12.9. The Morgan fingerprint density at radius 2 is 1.68 bits per heavy atom. The number of fused-ring (bicyclic) bond motifs is 1. The zero-order chi connectivity index (χ0) is 20.3. The van der Waals surface area contributed by atoms with Crippen LogP contribution in [0.25, 0.3) is 17.0 Å². The summed E-state index contributed by atoms with van der Waals surface area (Å²) in [5.41, 5.74) is 0.920. The summed E-state index contributed by atoms with van der Waals surface area (Å²) >= 11 is 0. The Bertz CT molecular complexity index is 1050. The van der Waals surface area contributed by atoms with E-state index in [4.69, 9.17) is 23.4 Å². The standard InChI is InChI=1S/C21H20O7/c1-24-15-7-5-6-12(18(15)25-2)8-9-14(22)16-17(23)21(27-4)20-13(10-11-28-20)19(16)26-3/h5-11,23H,1-4H3/b9-8+. The number of benzene rings is 2. The van der Waals surface area contributed by atoms with Crippen LogP contribution in [0.2, 0.25) is 0 Å². The number of hydrogen-bond donors (Lipinski definition) is 1. The van der Waals surface area contributed by atoms with Crippen molar-refractivity contribution in [2.75, 3.05) is 28.4 Å². The highest BCUT2D eigenvalue weighted by Gasteiger charge is 2.26. The maximum Gasteiger partial charge on any atom is 0.205 e. The smallest absolute Gasteiger partial charge is 0.205 e. The molecule has 0 fully saturated rings. The number of carbonyl (C=O) groups excluding carboxylic acids is 1. The fourth-order valence-electron chi connectivity index (χ4n) is 3.05. The lowest BCUT2D eigenvalue weighted by molar-refractivity contribution is 0.104. The molecule has 0 spiro atoms. The van der Waals surface area contributed by atoms with Crippen LogP contribution < -0.4 is 18.9 Å². The van der Waals surface area contributed by atoms with Gasteiger partial charge in [-0.1, -0.05) is 12.1 Å². The van der Waals surface area contributed by atoms with Crippen molar-refractivity contribution < 1.29 is 33.3 Å². The number of phenols is 1. The molecule has 0 saturated carbocycles. The quantitative estimate of drug-likeness (QED) is 0.485. The lowest BCUT2D eigenvalue weighted by Crippen LogP contribution is -2.02. The molecule has 0 unspecified atom stereocenters. The van der Waals surface area contributed by atoms with E-state index in [-0.39, 0.29) is 22.8 Å². The molecule has 0 amide bonds. The van der Waals surface area contributed by atoms with Gasteiger partial charge in [0.15, 0.2) is 28.6 Å². The molecule has 2 aromatic carbocycles. The van der Waals surface area contributed by atoms with Crippen LogP contribution in [0.1, 0.15) is 15.9 Å². The first kappa shape index (κ1) is 19.2. The number of methoxy groups -OCH3 is 4. The largest absolute Gasteiger partial charge is 0.504 e. The van der Waals surface area contributed by atoms with E-state index in [0.717, 1.165) is 0 Å². The zero-order valence-electron chi connectivity index (χ0n) is 15.9. The molecule has 7 heteroatoms. The second-order valence-electron chi connectivity index (χ2n) is 5.73. The molecule has 0 radical (unpaired) electrons. The summed E-state index contributed by atoms with van der Waals surface area (Å²) in [6.45, 7) is 0. The van der Waals surface area contributed by atoms with E-state index in [2.05, 4.69) is 0 Å². The molecule has 1 N–H and O–H groups in total.